The van der Waals surface area contributed by atoms with E-state index >= 15 is 9.59 Å². The topological polar surface area (TPSA) is 259 Å². The summed E-state index contributed by atoms with van der Waals surface area (Å²) >= 11 is 6.11. The molecule has 3 saturated heterocycles. The Morgan fingerprint density at radius 2 is 1.20 bits per heavy atom. The van der Waals surface area contributed by atoms with Crippen LogP contribution in [0.3, 0.4) is 0 Å². The first-order valence-electron chi connectivity index (χ1n) is 31.2. The summed E-state index contributed by atoms with van der Waals surface area (Å²) < 4.78 is 41.3. The van der Waals surface area contributed by atoms with Crippen LogP contribution in [0, 0.1) is 17.8 Å². The fourth-order valence-corrected chi connectivity index (χ4v) is 13.5. The molecule has 0 radical (unpaired) electrons. The van der Waals surface area contributed by atoms with Crippen molar-refractivity contribution in [2.45, 2.75) is 224 Å². The number of benzene rings is 1. The van der Waals surface area contributed by atoms with Crippen molar-refractivity contribution in [3.63, 3.8) is 0 Å². The molecule has 11 amide bonds. The molecule has 0 unspecified atom stereocenters. The number of aryl methyl sites for hydroxylation is 1. The van der Waals surface area contributed by atoms with Gasteiger partial charge in [-0.3, -0.25) is 52.7 Å². The molecule has 26 heteroatoms. The summed E-state index contributed by atoms with van der Waals surface area (Å²) in [5.74, 6) is -7.95. The van der Waals surface area contributed by atoms with Gasteiger partial charge in [0.05, 0.1) is 10.6 Å². The van der Waals surface area contributed by atoms with Gasteiger partial charge in [-0.15, -0.1) is 0 Å². The molecule has 11 atom stereocenters. The average molecular weight is 1260 g/mol. The Labute approximate surface area is 520 Å². The highest BCUT2D eigenvalue weighted by Crippen LogP contribution is 2.38. The lowest BCUT2D eigenvalue weighted by molar-refractivity contribution is -0.161. The van der Waals surface area contributed by atoms with Gasteiger partial charge in [0, 0.05) is 60.8 Å². The first kappa shape index (κ1) is 70.6. The molecule has 0 bridgehead atoms. The maximum absolute atomic E-state index is 15.2. The number of carbonyl (C=O) groups is 11. The predicted molar refractivity (Wildman–Crippen MR) is 321 cm³/mol. The van der Waals surface area contributed by atoms with E-state index in [2.05, 4.69) is 21.3 Å². The van der Waals surface area contributed by atoms with Crippen LogP contribution in [0.5, 0.6) is 0 Å². The summed E-state index contributed by atoms with van der Waals surface area (Å²) in [6.07, 6.45) is 0.410. The fourth-order valence-electron chi connectivity index (χ4n) is 13.1. The summed E-state index contributed by atoms with van der Waals surface area (Å²) in [6.45, 7) is 13.3. The number of alkyl halides is 3. The highest BCUT2D eigenvalue weighted by atomic mass is 35.5. The molecule has 2 saturated carbocycles. The van der Waals surface area contributed by atoms with Crippen LogP contribution < -0.4 is 21.3 Å². The van der Waals surface area contributed by atoms with Gasteiger partial charge in [-0.2, -0.15) is 13.2 Å². The SMILES string of the molecule is CC[C@H](C)[C@@H]1NC(=O)[C@H](C)N(C)C(=O)C[C@@H](C)NC(=O)[C@H](C2CCCC2)N(C)C(=O)C2(CCCC2)NC(=O)[C@@H]2CCCN2C(=O)[C@H](CCc2ccc(C(F)(F)F)c(Cl)c2)NC(=O)[C@@H](C)N(C)C(=O)[C@H](C(C)C)N(C)C(=O)[C@@H]2CCN2C(=O)[C@H](C)N(C)C1=O. The number of nitrogens with one attached hydrogen (secondary N) is 4. The minimum absolute atomic E-state index is 0.0591. The van der Waals surface area contributed by atoms with Gasteiger partial charge in [0.1, 0.15) is 59.9 Å². The number of amides is 11. The Morgan fingerprint density at radius 3 is 1.77 bits per heavy atom. The van der Waals surface area contributed by atoms with E-state index in [1.54, 1.807) is 27.7 Å². The monoisotopic (exact) mass is 1260 g/mol. The highest BCUT2D eigenvalue weighted by molar-refractivity contribution is 6.31. The van der Waals surface area contributed by atoms with Crippen LogP contribution in [0.1, 0.15) is 156 Å². The molecule has 6 rings (SSSR count). The fraction of sp³-hybridized carbons (Fsp3) is 0.726. The number of carbonyl (C=O) groups excluding carboxylic acids is 11. The van der Waals surface area contributed by atoms with Crippen LogP contribution in [-0.2, 0) is 65.3 Å². The van der Waals surface area contributed by atoms with Crippen molar-refractivity contribution < 1.29 is 65.9 Å². The zero-order valence-electron chi connectivity index (χ0n) is 53.4. The molecule has 22 nitrogen and oxygen atoms in total. The Kier molecular flexibility index (Phi) is 23.6. The molecule has 88 heavy (non-hydrogen) atoms. The number of rotatable bonds is 7. The Balaban J connectivity index is 1.36. The van der Waals surface area contributed by atoms with Gasteiger partial charge in [0.2, 0.25) is 65.0 Å². The first-order valence-corrected chi connectivity index (χ1v) is 31.6. The van der Waals surface area contributed by atoms with Crippen LogP contribution in [0.25, 0.3) is 0 Å². The van der Waals surface area contributed by atoms with Gasteiger partial charge in [0.25, 0.3) is 0 Å². The van der Waals surface area contributed by atoms with E-state index in [4.69, 9.17) is 11.6 Å². The summed E-state index contributed by atoms with van der Waals surface area (Å²) in [7, 11) is 7.17. The van der Waals surface area contributed by atoms with Crippen LogP contribution in [0.2, 0.25) is 5.02 Å². The third kappa shape index (κ3) is 15.5. The van der Waals surface area contributed by atoms with E-state index in [-0.39, 0.29) is 64.0 Å². The maximum atomic E-state index is 15.2. The second-order valence-electron chi connectivity index (χ2n) is 25.7. The third-order valence-corrected chi connectivity index (χ3v) is 19.7. The smallest absolute Gasteiger partial charge is 0.351 e. The number of nitrogens with zero attached hydrogens (tertiary/aromatic N) is 7. The molecule has 1 aromatic rings. The summed E-state index contributed by atoms with van der Waals surface area (Å²) in [4.78, 5) is 169. The average Bonchev–Trinajstić information content (AvgIpc) is 1.51. The number of likely N-dealkylation sites (N-methyl/N-ethyl adjacent to an activating group) is 5. The highest BCUT2D eigenvalue weighted by Gasteiger charge is 2.51. The van der Waals surface area contributed by atoms with Crippen LogP contribution in [-0.4, -0.2) is 214 Å². The molecular formula is C62H93ClF3N11O11. The van der Waals surface area contributed by atoms with Gasteiger partial charge < -0.3 is 55.6 Å². The molecular weight excluding hydrogens is 1170 g/mol. The summed E-state index contributed by atoms with van der Waals surface area (Å²) in [5, 5.41) is 11.0. The maximum Gasteiger partial charge on any atom is 0.417 e. The standard InChI is InChI=1S/C62H93ClF3N11O11/c1-14-35(4)48-58(86)73(11)39(8)55(83)77-31-27-46(77)57(85)74(12)49(34(2)3)59(87)72(10)38(7)51(79)68-44(26-24-40-23-25-42(43(63)33-40)62(64,65)66)56(84)76-30-19-22-45(76)53(81)70-61(28-17-18-29-61)60(88)75(13)50(41-20-15-16-21-41)54(82)67-36(5)32-47(78)71(9)37(6)52(80)69-48/h23,25,33-39,41,44-46,48-50H,14-22,24,26-32H2,1-13H3,(H,67,82)(H,68,79)(H,69,80)(H,70,81)/t35-,36+,37-,38+,39-,44-,45-,46-,48-,49-,50-/m0/s1. The largest absolute Gasteiger partial charge is 0.417 e. The molecule has 2 aliphatic carbocycles. The molecule has 490 valence electrons. The molecule has 1 aromatic carbocycles. The lowest BCUT2D eigenvalue weighted by Gasteiger charge is -2.45. The second kappa shape index (κ2) is 29.4. The Hall–Kier alpha value is -6.53. The van der Waals surface area contributed by atoms with Crippen molar-refractivity contribution in [3.8, 4) is 0 Å². The summed E-state index contributed by atoms with van der Waals surface area (Å²) in [5.41, 5.74) is -2.24. The van der Waals surface area contributed by atoms with E-state index < -0.39 is 160 Å². The zero-order valence-corrected chi connectivity index (χ0v) is 54.1. The van der Waals surface area contributed by atoms with Crippen molar-refractivity contribution >= 4 is 76.6 Å². The van der Waals surface area contributed by atoms with Crippen molar-refractivity contribution in [2.75, 3.05) is 48.3 Å². The normalized spacial score (nSPS) is 29.5. The third-order valence-electron chi connectivity index (χ3n) is 19.4. The van der Waals surface area contributed by atoms with Crippen LogP contribution >= 0.6 is 11.6 Å². The Bertz CT molecular complexity index is 2800. The number of fused-ring (bicyclic) bond motifs is 2. The van der Waals surface area contributed by atoms with Crippen LogP contribution in [0.15, 0.2) is 18.2 Å². The zero-order chi connectivity index (χ0) is 65.6. The van der Waals surface area contributed by atoms with Crippen molar-refractivity contribution in [3.05, 3.63) is 34.3 Å². The predicted octanol–water partition coefficient (Wildman–Crippen LogP) is 4.28. The number of hydrogen-bond donors (Lipinski definition) is 4. The second-order valence-corrected chi connectivity index (χ2v) is 26.1. The quantitative estimate of drug-likeness (QED) is 0.300. The van der Waals surface area contributed by atoms with Gasteiger partial charge in [-0.1, -0.05) is 77.5 Å². The molecule has 4 N–H and O–H groups in total. The molecule has 3 aliphatic heterocycles. The van der Waals surface area contributed by atoms with Crippen molar-refractivity contribution in [1.82, 2.24) is 55.6 Å². The first-order chi connectivity index (χ1) is 41.2. The minimum atomic E-state index is -4.75. The van der Waals surface area contributed by atoms with Gasteiger partial charge in [-0.05, 0) is 121 Å². The lowest BCUT2D eigenvalue weighted by Crippen LogP contribution is -2.65. The summed E-state index contributed by atoms with van der Waals surface area (Å²) in [6, 6.07) is -8.05. The van der Waals surface area contributed by atoms with E-state index in [9.17, 15) is 56.3 Å². The lowest BCUT2D eigenvalue weighted by atomic mass is 9.90. The van der Waals surface area contributed by atoms with E-state index in [1.165, 1.54) is 91.5 Å². The van der Waals surface area contributed by atoms with E-state index in [0.717, 1.165) is 29.9 Å². The van der Waals surface area contributed by atoms with Gasteiger partial charge >= 0.3 is 6.18 Å². The van der Waals surface area contributed by atoms with E-state index in [0.29, 0.717) is 44.1 Å². The van der Waals surface area contributed by atoms with Gasteiger partial charge in [-0.25, -0.2) is 0 Å². The molecule has 0 aromatic heterocycles. The van der Waals surface area contributed by atoms with Crippen molar-refractivity contribution in [2.24, 2.45) is 17.8 Å². The van der Waals surface area contributed by atoms with E-state index in [1.807, 2.05) is 6.92 Å². The molecule has 5 aliphatic rings. The van der Waals surface area contributed by atoms with Crippen molar-refractivity contribution in [1.29, 1.82) is 0 Å². The molecule has 3 heterocycles. The number of halogens is 4. The Morgan fingerprint density at radius 1 is 0.614 bits per heavy atom. The number of hydrogen-bond acceptors (Lipinski definition) is 11. The molecule has 1 spiro atoms. The van der Waals surface area contributed by atoms with Gasteiger partial charge in [0.15, 0.2) is 0 Å². The minimum Gasteiger partial charge on any atom is -0.351 e. The molecule has 5 fully saturated rings. The van der Waals surface area contributed by atoms with Crippen LogP contribution in [0.4, 0.5) is 13.2 Å².